The van der Waals surface area contributed by atoms with Crippen molar-refractivity contribution in [3.05, 3.63) is 44.8 Å². The summed E-state index contributed by atoms with van der Waals surface area (Å²) in [6.45, 7) is 1.67. The average Bonchev–Trinajstić information content (AvgIpc) is 2.33. The topological polar surface area (TPSA) is 54.9 Å². The van der Waals surface area contributed by atoms with Crippen LogP contribution in [0.2, 0.25) is 15.2 Å². The number of hydrogen-bond donors (Lipinski definition) is 1. The normalized spacial score (nSPS) is 10.3. The van der Waals surface area contributed by atoms with E-state index in [9.17, 15) is 4.79 Å². The van der Waals surface area contributed by atoms with Crippen LogP contribution in [0.25, 0.3) is 0 Å². The summed E-state index contributed by atoms with van der Waals surface area (Å²) in [5, 5.41) is 3.82. The Hall–Kier alpha value is -1.36. The molecular formula is C12H8Cl3N3O. The molecule has 1 aromatic carbocycles. The van der Waals surface area contributed by atoms with Gasteiger partial charge in [-0.15, -0.1) is 0 Å². The minimum absolute atomic E-state index is 0.0770. The maximum atomic E-state index is 11.0. The third-order valence-electron chi connectivity index (χ3n) is 2.33. The van der Waals surface area contributed by atoms with Gasteiger partial charge in [0.1, 0.15) is 16.8 Å². The van der Waals surface area contributed by atoms with E-state index < -0.39 is 0 Å². The Morgan fingerprint density at radius 1 is 1.16 bits per heavy atom. The quantitative estimate of drug-likeness (QED) is 0.677. The summed E-state index contributed by atoms with van der Waals surface area (Å²) in [4.78, 5) is 19.1. The van der Waals surface area contributed by atoms with Crippen molar-refractivity contribution >= 4 is 52.6 Å². The first kappa shape index (κ1) is 14.1. The molecule has 1 heterocycles. The first-order valence-electron chi connectivity index (χ1n) is 5.23. The molecule has 0 atom stereocenters. The zero-order valence-corrected chi connectivity index (χ0v) is 12.0. The second kappa shape index (κ2) is 5.74. The molecule has 0 radical (unpaired) electrons. The van der Waals surface area contributed by atoms with E-state index >= 15 is 0 Å². The highest BCUT2D eigenvalue weighted by molar-refractivity contribution is 6.39. The zero-order chi connectivity index (χ0) is 14.0. The van der Waals surface area contributed by atoms with E-state index in [0.717, 1.165) is 0 Å². The van der Waals surface area contributed by atoms with Gasteiger partial charge < -0.3 is 5.32 Å². The smallest absolute Gasteiger partial charge is 0.156 e. The van der Waals surface area contributed by atoms with Gasteiger partial charge in [0.15, 0.2) is 6.29 Å². The Bertz CT molecular complexity index is 626. The van der Waals surface area contributed by atoms with Crippen LogP contribution < -0.4 is 5.32 Å². The Kier molecular flexibility index (Phi) is 4.24. The number of nitrogens with zero attached hydrogens (tertiary/aromatic N) is 2. The molecule has 98 valence electrons. The summed E-state index contributed by atoms with van der Waals surface area (Å²) >= 11 is 18.0. The van der Waals surface area contributed by atoms with E-state index in [1.165, 1.54) is 0 Å². The molecule has 7 heteroatoms. The fourth-order valence-corrected chi connectivity index (χ4v) is 2.23. The number of nitrogens with one attached hydrogen (secondary N) is 1. The molecule has 0 amide bonds. The van der Waals surface area contributed by atoms with Gasteiger partial charge in [0.05, 0.1) is 21.3 Å². The van der Waals surface area contributed by atoms with Crippen molar-refractivity contribution in [3.63, 3.8) is 0 Å². The van der Waals surface area contributed by atoms with Crippen molar-refractivity contribution in [1.82, 2.24) is 9.97 Å². The highest BCUT2D eigenvalue weighted by atomic mass is 35.5. The maximum absolute atomic E-state index is 11.0. The molecule has 1 N–H and O–H groups in total. The van der Waals surface area contributed by atoms with Gasteiger partial charge in [0, 0.05) is 0 Å². The van der Waals surface area contributed by atoms with Gasteiger partial charge in [-0.25, -0.2) is 9.97 Å². The minimum atomic E-state index is 0.0770. The molecule has 2 rings (SSSR count). The molecule has 0 saturated carbocycles. The van der Waals surface area contributed by atoms with Gasteiger partial charge in [-0.1, -0.05) is 40.9 Å². The lowest BCUT2D eigenvalue weighted by molar-refractivity contribution is 0.112. The van der Waals surface area contributed by atoms with Crippen LogP contribution >= 0.6 is 34.8 Å². The van der Waals surface area contributed by atoms with Crippen molar-refractivity contribution in [2.24, 2.45) is 0 Å². The Labute approximate surface area is 124 Å². The van der Waals surface area contributed by atoms with Crippen molar-refractivity contribution in [2.75, 3.05) is 5.32 Å². The van der Waals surface area contributed by atoms with Gasteiger partial charge in [-0.3, -0.25) is 4.79 Å². The molecule has 0 bridgehead atoms. The monoisotopic (exact) mass is 315 g/mol. The van der Waals surface area contributed by atoms with Crippen LogP contribution in [0.1, 0.15) is 16.2 Å². The lowest BCUT2D eigenvalue weighted by Gasteiger charge is -2.12. The summed E-state index contributed by atoms with van der Waals surface area (Å²) in [5.74, 6) is 0.698. The number of carbonyl (C=O) groups excluding carboxylic acids is 1. The van der Waals surface area contributed by atoms with E-state index in [-0.39, 0.29) is 16.5 Å². The first-order valence-corrected chi connectivity index (χ1v) is 6.36. The predicted octanol–water partition coefficient (Wildman–Crippen LogP) is 4.30. The highest BCUT2D eigenvalue weighted by Crippen LogP contribution is 2.33. The summed E-state index contributed by atoms with van der Waals surface area (Å²) < 4.78 is 0. The van der Waals surface area contributed by atoms with Crippen molar-refractivity contribution in [3.8, 4) is 0 Å². The van der Waals surface area contributed by atoms with Gasteiger partial charge in [0.25, 0.3) is 0 Å². The molecule has 0 aliphatic carbocycles. The van der Waals surface area contributed by atoms with E-state index in [2.05, 4.69) is 15.3 Å². The number of halogens is 3. The molecule has 0 aliphatic rings. The lowest BCUT2D eigenvalue weighted by atomic mass is 10.3. The SMILES string of the molecule is Cc1nc(Cl)c(C=O)c(Nc2c(Cl)cccc2Cl)n1. The fraction of sp³-hybridized carbons (Fsp3) is 0.0833. The number of aryl methyl sites for hydroxylation is 1. The number of rotatable bonds is 3. The van der Waals surface area contributed by atoms with Crippen molar-refractivity contribution in [1.29, 1.82) is 0 Å². The van der Waals surface area contributed by atoms with Crippen LogP contribution in [0, 0.1) is 6.92 Å². The number of carbonyl (C=O) groups is 1. The summed E-state index contributed by atoms with van der Waals surface area (Å²) in [6.07, 6.45) is 0.578. The van der Waals surface area contributed by atoms with Gasteiger partial charge in [-0.2, -0.15) is 0 Å². The number of anilines is 2. The summed E-state index contributed by atoms with van der Waals surface area (Å²) in [5.41, 5.74) is 0.617. The van der Waals surface area contributed by atoms with Crippen LogP contribution in [0.3, 0.4) is 0 Å². The number of para-hydroxylation sites is 1. The zero-order valence-electron chi connectivity index (χ0n) is 9.75. The molecule has 0 saturated heterocycles. The molecule has 19 heavy (non-hydrogen) atoms. The number of aromatic nitrogens is 2. The van der Waals surface area contributed by atoms with E-state index in [1.54, 1.807) is 25.1 Å². The molecule has 1 aromatic heterocycles. The third kappa shape index (κ3) is 2.97. The Morgan fingerprint density at radius 2 is 1.79 bits per heavy atom. The molecule has 4 nitrogen and oxygen atoms in total. The summed E-state index contributed by atoms with van der Waals surface area (Å²) in [7, 11) is 0. The van der Waals surface area contributed by atoms with Gasteiger partial charge in [-0.05, 0) is 19.1 Å². The average molecular weight is 317 g/mol. The van der Waals surface area contributed by atoms with Crippen LogP contribution in [0.15, 0.2) is 18.2 Å². The standard InChI is InChI=1S/C12H8Cl3N3O/c1-6-16-11(15)7(5-19)12(17-6)18-10-8(13)3-2-4-9(10)14/h2-5H,1H3,(H,16,17,18). The lowest BCUT2D eigenvalue weighted by Crippen LogP contribution is -2.04. The van der Waals surface area contributed by atoms with E-state index in [1.807, 2.05) is 0 Å². The molecule has 0 fully saturated rings. The second-order valence-electron chi connectivity index (χ2n) is 3.66. The molecule has 0 spiro atoms. The van der Waals surface area contributed by atoms with Crippen LogP contribution in [0.5, 0.6) is 0 Å². The first-order chi connectivity index (χ1) is 9.02. The number of benzene rings is 1. The van der Waals surface area contributed by atoms with E-state index in [0.29, 0.717) is 27.8 Å². The number of aldehydes is 1. The van der Waals surface area contributed by atoms with Crippen LogP contribution in [-0.2, 0) is 0 Å². The van der Waals surface area contributed by atoms with Crippen LogP contribution in [-0.4, -0.2) is 16.3 Å². The summed E-state index contributed by atoms with van der Waals surface area (Å²) in [6, 6.07) is 5.06. The second-order valence-corrected chi connectivity index (χ2v) is 4.84. The molecule has 0 unspecified atom stereocenters. The van der Waals surface area contributed by atoms with Gasteiger partial charge >= 0.3 is 0 Å². The van der Waals surface area contributed by atoms with Crippen molar-refractivity contribution in [2.45, 2.75) is 6.92 Å². The minimum Gasteiger partial charge on any atom is -0.337 e. The number of hydrogen-bond acceptors (Lipinski definition) is 4. The van der Waals surface area contributed by atoms with E-state index in [4.69, 9.17) is 34.8 Å². The molecular weight excluding hydrogens is 309 g/mol. The predicted molar refractivity (Wildman–Crippen MR) is 76.9 cm³/mol. The Morgan fingerprint density at radius 3 is 2.37 bits per heavy atom. The van der Waals surface area contributed by atoms with Crippen LogP contribution in [0.4, 0.5) is 11.5 Å². The third-order valence-corrected chi connectivity index (χ3v) is 3.25. The fourth-order valence-electron chi connectivity index (χ4n) is 1.48. The van der Waals surface area contributed by atoms with Gasteiger partial charge in [0.2, 0.25) is 0 Å². The molecule has 2 aromatic rings. The highest BCUT2D eigenvalue weighted by Gasteiger charge is 2.14. The largest absolute Gasteiger partial charge is 0.337 e. The molecule has 0 aliphatic heterocycles. The Balaban J connectivity index is 2.52. The van der Waals surface area contributed by atoms with Crippen molar-refractivity contribution < 1.29 is 4.79 Å². The maximum Gasteiger partial charge on any atom is 0.156 e.